The molecule has 19 heavy (non-hydrogen) atoms. The summed E-state index contributed by atoms with van der Waals surface area (Å²) in [5.74, 6) is 1.16. The van der Waals surface area contributed by atoms with Crippen molar-refractivity contribution >= 4 is 16.7 Å². The Labute approximate surface area is 116 Å². The number of nitrogens with one attached hydrogen (secondary N) is 1. The van der Waals surface area contributed by atoms with E-state index in [1.165, 1.54) is 0 Å². The van der Waals surface area contributed by atoms with Crippen molar-refractivity contribution in [2.75, 3.05) is 11.5 Å². The molecule has 4 nitrogen and oxygen atoms in total. The van der Waals surface area contributed by atoms with Gasteiger partial charge in [0.25, 0.3) is 0 Å². The van der Waals surface area contributed by atoms with Crippen molar-refractivity contribution in [2.24, 2.45) is 5.73 Å². The predicted octanol–water partition coefficient (Wildman–Crippen LogP) is 0.888. The molecule has 2 rings (SSSR count). The first-order chi connectivity index (χ1) is 9.00. The van der Waals surface area contributed by atoms with E-state index in [1.807, 2.05) is 30.3 Å². The molecule has 3 N–H and O–H groups in total. The minimum absolute atomic E-state index is 0.0942. The van der Waals surface area contributed by atoms with E-state index in [4.69, 9.17) is 5.73 Å². The van der Waals surface area contributed by atoms with Crippen LogP contribution in [0, 0.1) is 0 Å². The lowest BCUT2D eigenvalue weighted by atomic mass is 9.91. The summed E-state index contributed by atoms with van der Waals surface area (Å²) in [5.41, 5.74) is 5.92. The highest BCUT2D eigenvalue weighted by Crippen LogP contribution is 2.19. The van der Waals surface area contributed by atoms with E-state index in [-0.39, 0.29) is 11.9 Å². The molecule has 1 saturated heterocycles. The van der Waals surface area contributed by atoms with Crippen molar-refractivity contribution in [1.82, 2.24) is 5.32 Å². The maximum Gasteiger partial charge on any atom is 0.244 e. The van der Waals surface area contributed by atoms with Crippen molar-refractivity contribution in [3.05, 3.63) is 35.9 Å². The lowest BCUT2D eigenvalue weighted by molar-refractivity contribution is -0.126. The highest BCUT2D eigenvalue weighted by atomic mass is 32.2. The van der Waals surface area contributed by atoms with Gasteiger partial charge in [0, 0.05) is 28.3 Å². The van der Waals surface area contributed by atoms with E-state index in [2.05, 4.69) is 5.32 Å². The van der Waals surface area contributed by atoms with E-state index in [0.29, 0.717) is 11.5 Å². The molecule has 1 atom stereocenters. The predicted molar refractivity (Wildman–Crippen MR) is 77.0 cm³/mol. The molecule has 1 fully saturated rings. The van der Waals surface area contributed by atoms with Crippen molar-refractivity contribution < 1.29 is 9.00 Å². The average molecular weight is 280 g/mol. The third kappa shape index (κ3) is 3.42. The van der Waals surface area contributed by atoms with Crippen LogP contribution in [0.1, 0.15) is 25.3 Å². The van der Waals surface area contributed by atoms with Crippen LogP contribution in [0.2, 0.25) is 0 Å². The first-order valence-corrected chi connectivity index (χ1v) is 7.99. The number of hydrogen-bond acceptors (Lipinski definition) is 3. The lowest BCUT2D eigenvalue weighted by Crippen LogP contribution is -2.53. The monoisotopic (exact) mass is 280 g/mol. The normalized spacial score (nSPS) is 26.4. The lowest BCUT2D eigenvalue weighted by Gasteiger charge is -2.29. The average Bonchev–Trinajstić information content (AvgIpc) is 2.42. The van der Waals surface area contributed by atoms with Gasteiger partial charge < -0.3 is 11.1 Å². The molecule has 1 aromatic rings. The Bertz CT molecular complexity index is 464. The molecule has 1 amide bonds. The first-order valence-electron chi connectivity index (χ1n) is 6.50. The zero-order chi connectivity index (χ0) is 13.9. The Morgan fingerprint density at radius 2 is 1.89 bits per heavy atom. The van der Waals surface area contributed by atoms with Crippen LogP contribution < -0.4 is 11.1 Å². The quantitative estimate of drug-likeness (QED) is 0.863. The fourth-order valence-electron chi connectivity index (χ4n) is 2.19. The first kappa shape index (κ1) is 14.2. The molecule has 1 unspecified atom stereocenters. The topological polar surface area (TPSA) is 72.2 Å². The highest BCUT2D eigenvalue weighted by molar-refractivity contribution is 7.85. The zero-order valence-electron chi connectivity index (χ0n) is 11.1. The number of benzene rings is 1. The largest absolute Gasteiger partial charge is 0.351 e. The van der Waals surface area contributed by atoms with Crippen LogP contribution in [0.4, 0.5) is 0 Å². The van der Waals surface area contributed by atoms with Crippen molar-refractivity contribution in [2.45, 2.75) is 31.3 Å². The summed E-state index contributed by atoms with van der Waals surface area (Å²) < 4.78 is 11.3. The Balaban J connectivity index is 2.01. The van der Waals surface area contributed by atoms with Gasteiger partial charge in [-0.1, -0.05) is 30.3 Å². The fourth-order valence-corrected chi connectivity index (χ4v) is 3.49. The van der Waals surface area contributed by atoms with Crippen molar-refractivity contribution in [3.8, 4) is 0 Å². The number of carbonyl (C=O) groups is 1. The van der Waals surface area contributed by atoms with Gasteiger partial charge in [0.1, 0.15) is 5.54 Å². The third-order valence-corrected chi connectivity index (χ3v) is 4.95. The molecule has 1 aliphatic heterocycles. The maximum absolute atomic E-state index is 12.3. The molecule has 0 aromatic heterocycles. The molecule has 0 spiro atoms. The minimum Gasteiger partial charge on any atom is -0.351 e. The van der Waals surface area contributed by atoms with Gasteiger partial charge in [-0.2, -0.15) is 0 Å². The summed E-state index contributed by atoms with van der Waals surface area (Å²) in [6, 6.07) is 9.45. The summed E-state index contributed by atoms with van der Waals surface area (Å²) in [6.07, 6.45) is 1.53. The number of rotatable bonds is 3. The summed E-state index contributed by atoms with van der Waals surface area (Å²) in [6.45, 7) is 1.72. The van der Waals surface area contributed by atoms with Crippen LogP contribution in [0.15, 0.2) is 30.3 Å². The van der Waals surface area contributed by atoms with Gasteiger partial charge in [-0.25, -0.2) is 0 Å². The van der Waals surface area contributed by atoms with Crippen LogP contribution >= 0.6 is 0 Å². The molecule has 0 saturated carbocycles. The van der Waals surface area contributed by atoms with E-state index in [9.17, 15) is 9.00 Å². The van der Waals surface area contributed by atoms with Crippen LogP contribution in [0.25, 0.3) is 0 Å². The summed E-state index contributed by atoms with van der Waals surface area (Å²) in [7, 11) is -0.715. The van der Waals surface area contributed by atoms with Gasteiger partial charge in [0.15, 0.2) is 0 Å². The van der Waals surface area contributed by atoms with Gasteiger partial charge in [-0.05, 0) is 25.3 Å². The second-order valence-corrected chi connectivity index (χ2v) is 6.86. The Hall–Kier alpha value is -1.20. The zero-order valence-corrected chi connectivity index (χ0v) is 11.9. The Morgan fingerprint density at radius 1 is 1.32 bits per heavy atom. The van der Waals surface area contributed by atoms with Crippen LogP contribution in [-0.4, -0.2) is 27.7 Å². The van der Waals surface area contributed by atoms with E-state index < -0.39 is 16.3 Å². The van der Waals surface area contributed by atoms with E-state index in [1.54, 1.807) is 6.92 Å². The molecule has 5 heteroatoms. The molecule has 0 radical (unpaired) electrons. The molecular weight excluding hydrogens is 260 g/mol. The van der Waals surface area contributed by atoms with Gasteiger partial charge in [0.2, 0.25) is 5.91 Å². The molecule has 1 aromatic carbocycles. The maximum atomic E-state index is 12.3. The van der Waals surface area contributed by atoms with Gasteiger partial charge in [-0.15, -0.1) is 0 Å². The molecule has 104 valence electrons. The standard InChI is InChI=1S/C14H20N2O2S/c1-14(15,11-5-3-2-4-6-11)13(17)16-12-7-9-19(18)10-8-12/h2-6,12H,7-10,15H2,1H3,(H,16,17). The summed E-state index contributed by atoms with van der Waals surface area (Å²) in [5, 5.41) is 2.98. The van der Waals surface area contributed by atoms with Gasteiger partial charge >= 0.3 is 0 Å². The molecular formula is C14H20N2O2S. The molecule has 0 bridgehead atoms. The van der Waals surface area contributed by atoms with E-state index >= 15 is 0 Å². The fraction of sp³-hybridized carbons (Fsp3) is 0.500. The van der Waals surface area contributed by atoms with Crippen molar-refractivity contribution in [3.63, 3.8) is 0 Å². The number of nitrogens with two attached hydrogens (primary N) is 1. The number of carbonyl (C=O) groups excluding carboxylic acids is 1. The molecule has 1 heterocycles. The summed E-state index contributed by atoms with van der Waals surface area (Å²) >= 11 is 0. The summed E-state index contributed by atoms with van der Waals surface area (Å²) in [4.78, 5) is 12.3. The molecule has 0 aliphatic carbocycles. The number of hydrogen-bond donors (Lipinski definition) is 2. The number of amides is 1. The minimum atomic E-state index is -1.03. The van der Waals surface area contributed by atoms with Crippen molar-refractivity contribution in [1.29, 1.82) is 0 Å². The third-order valence-electron chi connectivity index (χ3n) is 3.57. The van der Waals surface area contributed by atoms with E-state index in [0.717, 1.165) is 18.4 Å². The second kappa shape index (κ2) is 5.84. The van der Waals surface area contributed by atoms with Gasteiger partial charge in [0.05, 0.1) is 0 Å². The Morgan fingerprint density at radius 3 is 2.47 bits per heavy atom. The smallest absolute Gasteiger partial charge is 0.244 e. The molecule has 1 aliphatic rings. The van der Waals surface area contributed by atoms with Crippen LogP contribution in [-0.2, 0) is 21.1 Å². The second-order valence-electron chi connectivity index (χ2n) is 5.16. The van der Waals surface area contributed by atoms with Crippen LogP contribution in [0.3, 0.4) is 0 Å². The Kier molecular flexibility index (Phi) is 4.37. The van der Waals surface area contributed by atoms with Crippen LogP contribution in [0.5, 0.6) is 0 Å². The highest BCUT2D eigenvalue weighted by Gasteiger charge is 2.32. The SMILES string of the molecule is CC(N)(C(=O)NC1CCS(=O)CC1)c1ccccc1. The van der Waals surface area contributed by atoms with Gasteiger partial charge in [-0.3, -0.25) is 9.00 Å².